The number of anilines is 2. The molecule has 0 aliphatic heterocycles. The van der Waals surface area contributed by atoms with Crippen molar-refractivity contribution >= 4 is 11.6 Å². The minimum absolute atomic E-state index is 0.471. The van der Waals surface area contributed by atoms with Crippen LogP contribution in [-0.2, 0) is 0 Å². The van der Waals surface area contributed by atoms with Crippen LogP contribution in [0.2, 0.25) is 0 Å². The second-order valence-corrected chi connectivity index (χ2v) is 7.11. The van der Waals surface area contributed by atoms with Gasteiger partial charge in [0.1, 0.15) is 11.5 Å². The fraction of sp³-hybridized carbons (Fsp3) is 0.154. The molecule has 4 aromatic rings. The largest absolute Gasteiger partial charge is 0.497 e. The first-order valence-electron chi connectivity index (χ1n) is 10.3. The highest BCUT2D eigenvalue weighted by Crippen LogP contribution is 2.34. The minimum atomic E-state index is 0.471. The molecule has 3 aromatic carbocycles. The SMILES string of the molecule is COc1ccc(Nc2nc(-c3ccc(OC)cc3)cc(-c3ccc(OC)c(OC)c3)n2)cc1. The molecule has 4 rings (SSSR count). The number of nitrogens with one attached hydrogen (secondary N) is 1. The molecular formula is C26H25N3O4. The van der Waals surface area contributed by atoms with Gasteiger partial charge in [-0.3, -0.25) is 0 Å². The van der Waals surface area contributed by atoms with Crippen LogP contribution in [0.1, 0.15) is 0 Å². The zero-order valence-corrected chi connectivity index (χ0v) is 19.0. The number of hydrogen-bond acceptors (Lipinski definition) is 7. The molecule has 0 saturated heterocycles. The van der Waals surface area contributed by atoms with E-state index in [9.17, 15) is 0 Å². The Morgan fingerprint density at radius 2 is 1.09 bits per heavy atom. The predicted molar refractivity (Wildman–Crippen MR) is 129 cm³/mol. The molecule has 0 aliphatic carbocycles. The van der Waals surface area contributed by atoms with Gasteiger partial charge in [0, 0.05) is 16.8 Å². The van der Waals surface area contributed by atoms with E-state index in [0.29, 0.717) is 17.4 Å². The number of hydrogen-bond donors (Lipinski definition) is 1. The van der Waals surface area contributed by atoms with E-state index in [1.807, 2.05) is 72.8 Å². The predicted octanol–water partition coefficient (Wildman–Crippen LogP) is 5.59. The van der Waals surface area contributed by atoms with E-state index in [2.05, 4.69) is 5.32 Å². The third kappa shape index (κ3) is 4.98. The Kier molecular flexibility index (Phi) is 6.59. The summed E-state index contributed by atoms with van der Waals surface area (Å²) in [5.41, 5.74) is 4.18. The summed E-state index contributed by atoms with van der Waals surface area (Å²) >= 11 is 0. The monoisotopic (exact) mass is 443 g/mol. The Morgan fingerprint density at radius 3 is 1.67 bits per heavy atom. The molecule has 7 nitrogen and oxygen atoms in total. The number of methoxy groups -OCH3 is 4. The summed E-state index contributed by atoms with van der Waals surface area (Å²) in [4.78, 5) is 9.51. The maximum Gasteiger partial charge on any atom is 0.228 e. The Morgan fingerprint density at radius 1 is 0.545 bits per heavy atom. The van der Waals surface area contributed by atoms with E-state index in [0.717, 1.165) is 39.7 Å². The van der Waals surface area contributed by atoms with E-state index in [4.69, 9.17) is 28.9 Å². The summed E-state index contributed by atoms with van der Waals surface area (Å²) in [6, 6.07) is 23.0. The number of rotatable bonds is 8. The van der Waals surface area contributed by atoms with Gasteiger partial charge in [0.25, 0.3) is 0 Å². The zero-order chi connectivity index (χ0) is 23.2. The van der Waals surface area contributed by atoms with Crippen molar-refractivity contribution in [2.45, 2.75) is 0 Å². The summed E-state index contributed by atoms with van der Waals surface area (Å²) in [6.07, 6.45) is 0. The normalized spacial score (nSPS) is 10.4. The third-order valence-corrected chi connectivity index (χ3v) is 5.14. The fourth-order valence-corrected chi connectivity index (χ4v) is 3.36. The summed E-state index contributed by atoms with van der Waals surface area (Å²) in [6.45, 7) is 0. The lowest BCUT2D eigenvalue weighted by Gasteiger charge is -2.13. The quantitative estimate of drug-likeness (QED) is 0.380. The molecule has 0 spiro atoms. The Labute approximate surface area is 193 Å². The standard InChI is InChI=1S/C26H25N3O4/c1-30-20-10-5-17(6-11-20)22-16-23(18-7-14-24(32-3)25(15-18)33-4)29-26(28-22)27-19-8-12-21(31-2)13-9-19/h5-16H,1-4H3,(H,27,28,29). The van der Waals surface area contributed by atoms with Crippen molar-refractivity contribution in [2.75, 3.05) is 33.8 Å². The van der Waals surface area contributed by atoms with E-state index in [1.165, 1.54) is 0 Å². The molecule has 1 N–H and O–H groups in total. The van der Waals surface area contributed by atoms with Crippen molar-refractivity contribution in [3.8, 4) is 45.5 Å². The van der Waals surface area contributed by atoms with Crippen molar-refractivity contribution in [1.82, 2.24) is 9.97 Å². The van der Waals surface area contributed by atoms with E-state index in [1.54, 1.807) is 28.4 Å². The Hall–Kier alpha value is -4.26. The maximum atomic E-state index is 5.48. The summed E-state index contributed by atoms with van der Waals surface area (Å²) < 4.78 is 21.4. The zero-order valence-electron chi connectivity index (χ0n) is 19.0. The van der Waals surface area contributed by atoms with Crippen molar-refractivity contribution in [3.05, 3.63) is 72.8 Å². The van der Waals surface area contributed by atoms with Gasteiger partial charge in [-0.2, -0.15) is 0 Å². The summed E-state index contributed by atoms with van der Waals surface area (Å²) in [7, 11) is 6.51. The van der Waals surface area contributed by atoms with Crippen LogP contribution in [0, 0.1) is 0 Å². The van der Waals surface area contributed by atoms with Gasteiger partial charge in [-0.05, 0) is 72.8 Å². The Bertz CT molecular complexity index is 1230. The molecule has 0 saturated carbocycles. The fourth-order valence-electron chi connectivity index (χ4n) is 3.36. The van der Waals surface area contributed by atoms with Gasteiger partial charge in [0.05, 0.1) is 39.8 Å². The highest BCUT2D eigenvalue weighted by atomic mass is 16.5. The van der Waals surface area contributed by atoms with Gasteiger partial charge >= 0.3 is 0 Å². The average Bonchev–Trinajstić information content (AvgIpc) is 2.88. The van der Waals surface area contributed by atoms with Crippen LogP contribution in [0.3, 0.4) is 0 Å². The van der Waals surface area contributed by atoms with E-state index in [-0.39, 0.29) is 0 Å². The molecular weight excluding hydrogens is 418 g/mol. The van der Waals surface area contributed by atoms with Gasteiger partial charge in [-0.15, -0.1) is 0 Å². The second kappa shape index (κ2) is 9.91. The first kappa shape index (κ1) is 22.0. The van der Waals surface area contributed by atoms with E-state index < -0.39 is 0 Å². The third-order valence-electron chi connectivity index (χ3n) is 5.14. The smallest absolute Gasteiger partial charge is 0.228 e. The highest BCUT2D eigenvalue weighted by molar-refractivity contribution is 5.72. The van der Waals surface area contributed by atoms with Crippen LogP contribution in [0.25, 0.3) is 22.5 Å². The molecule has 1 aromatic heterocycles. The van der Waals surface area contributed by atoms with Gasteiger partial charge in [-0.1, -0.05) is 0 Å². The van der Waals surface area contributed by atoms with Gasteiger partial charge in [0.2, 0.25) is 5.95 Å². The molecule has 7 heteroatoms. The topological polar surface area (TPSA) is 74.7 Å². The second-order valence-electron chi connectivity index (χ2n) is 7.11. The van der Waals surface area contributed by atoms with Crippen molar-refractivity contribution < 1.29 is 18.9 Å². The van der Waals surface area contributed by atoms with Crippen LogP contribution < -0.4 is 24.3 Å². The number of aromatic nitrogens is 2. The molecule has 0 atom stereocenters. The van der Waals surface area contributed by atoms with Crippen molar-refractivity contribution in [1.29, 1.82) is 0 Å². The molecule has 0 unspecified atom stereocenters. The molecule has 0 radical (unpaired) electrons. The lowest BCUT2D eigenvalue weighted by molar-refractivity contribution is 0.355. The lowest BCUT2D eigenvalue weighted by Crippen LogP contribution is -2.01. The van der Waals surface area contributed by atoms with Crippen LogP contribution >= 0.6 is 0 Å². The molecule has 1 heterocycles. The van der Waals surface area contributed by atoms with Crippen LogP contribution in [-0.4, -0.2) is 38.4 Å². The van der Waals surface area contributed by atoms with Gasteiger partial charge < -0.3 is 24.3 Å². The van der Waals surface area contributed by atoms with Crippen LogP contribution in [0.4, 0.5) is 11.6 Å². The molecule has 33 heavy (non-hydrogen) atoms. The molecule has 168 valence electrons. The minimum Gasteiger partial charge on any atom is -0.497 e. The highest BCUT2D eigenvalue weighted by Gasteiger charge is 2.12. The molecule has 0 bridgehead atoms. The maximum absolute atomic E-state index is 5.48. The first-order valence-corrected chi connectivity index (χ1v) is 10.3. The molecule has 0 aliphatic rings. The van der Waals surface area contributed by atoms with Gasteiger partial charge in [0.15, 0.2) is 11.5 Å². The van der Waals surface area contributed by atoms with Crippen molar-refractivity contribution in [2.24, 2.45) is 0 Å². The van der Waals surface area contributed by atoms with Gasteiger partial charge in [-0.25, -0.2) is 9.97 Å². The molecule has 0 amide bonds. The van der Waals surface area contributed by atoms with Crippen LogP contribution in [0.5, 0.6) is 23.0 Å². The number of nitrogens with zero attached hydrogens (tertiary/aromatic N) is 2. The summed E-state index contributed by atoms with van der Waals surface area (Å²) in [5.74, 6) is 3.31. The Balaban J connectivity index is 1.78. The number of ether oxygens (including phenoxy) is 4. The summed E-state index contributed by atoms with van der Waals surface area (Å²) in [5, 5.41) is 3.29. The average molecular weight is 444 g/mol. The number of benzene rings is 3. The van der Waals surface area contributed by atoms with Crippen LogP contribution in [0.15, 0.2) is 72.8 Å². The molecule has 0 fully saturated rings. The van der Waals surface area contributed by atoms with E-state index >= 15 is 0 Å². The lowest BCUT2D eigenvalue weighted by atomic mass is 10.1. The van der Waals surface area contributed by atoms with Crippen molar-refractivity contribution in [3.63, 3.8) is 0 Å². The first-order chi connectivity index (χ1) is 16.1.